The largest absolute Gasteiger partial charge is 0.380 e. The Bertz CT molecular complexity index is 753. The predicted octanol–water partition coefficient (Wildman–Crippen LogP) is 5.01. The van der Waals surface area contributed by atoms with Gasteiger partial charge in [0, 0.05) is 15.1 Å². The van der Waals surface area contributed by atoms with E-state index in [-0.39, 0.29) is 0 Å². The molecule has 20 heavy (non-hydrogen) atoms. The first-order valence-electron chi connectivity index (χ1n) is 5.92. The number of nitrogens with two attached hydrogens (primary N) is 1. The second-order valence-corrected chi connectivity index (χ2v) is 5.64. The Morgan fingerprint density at radius 3 is 2.50 bits per heavy atom. The Hall–Kier alpha value is -1.78. The van der Waals surface area contributed by atoms with Crippen LogP contribution < -0.4 is 5.73 Å². The fourth-order valence-electron chi connectivity index (χ4n) is 2.02. The fraction of sp³-hybridized carbons (Fsp3) is 0. The molecule has 0 radical (unpaired) electrons. The van der Waals surface area contributed by atoms with Crippen molar-refractivity contribution in [3.05, 3.63) is 58.0 Å². The summed E-state index contributed by atoms with van der Waals surface area (Å²) in [6, 6.07) is 15.2. The number of nitrogen functional groups attached to an aromatic ring is 1. The van der Waals surface area contributed by atoms with Gasteiger partial charge in [0.2, 0.25) is 0 Å². The van der Waals surface area contributed by atoms with Gasteiger partial charge in [-0.15, -0.1) is 0 Å². The van der Waals surface area contributed by atoms with E-state index in [0.29, 0.717) is 16.6 Å². The van der Waals surface area contributed by atoms with E-state index in [9.17, 15) is 0 Å². The van der Waals surface area contributed by atoms with Crippen LogP contribution in [-0.4, -0.2) is 5.16 Å². The minimum Gasteiger partial charge on any atom is -0.380 e. The molecule has 0 bridgehead atoms. The van der Waals surface area contributed by atoms with Crippen LogP contribution in [0.1, 0.15) is 0 Å². The first-order chi connectivity index (χ1) is 9.65. The summed E-state index contributed by atoms with van der Waals surface area (Å²) < 4.78 is 6.38. The summed E-state index contributed by atoms with van der Waals surface area (Å²) in [5.74, 6) is 0.981. The number of anilines is 1. The molecular formula is C15H10BrClN2O. The fourth-order valence-corrected chi connectivity index (χ4v) is 2.48. The van der Waals surface area contributed by atoms with Gasteiger partial charge in [0.25, 0.3) is 0 Å². The van der Waals surface area contributed by atoms with Crippen molar-refractivity contribution in [2.75, 3.05) is 5.73 Å². The van der Waals surface area contributed by atoms with Crippen molar-refractivity contribution >= 4 is 33.3 Å². The molecule has 0 aliphatic rings. The second-order valence-electron chi connectivity index (χ2n) is 4.29. The van der Waals surface area contributed by atoms with E-state index in [0.717, 1.165) is 21.2 Å². The topological polar surface area (TPSA) is 52.0 Å². The molecule has 0 atom stereocenters. The van der Waals surface area contributed by atoms with Gasteiger partial charge in [-0.05, 0) is 29.8 Å². The Kier molecular flexibility index (Phi) is 3.51. The lowest BCUT2D eigenvalue weighted by Crippen LogP contribution is -1.88. The SMILES string of the molecule is Nc1noc(-c2cccc(Cl)c2)c1-c1ccc(Br)cc1. The van der Waals surface area contributed by atoms with Crippen LogP contribution in [0.2, 0.25) is 5.02 Å². The molecule has 0 spiro atoms. The second kappa shape index (κ2) is 5.31. The number of aromatic nitrogens is 1. The summed E-state index contributed by atoms with van der Waals surface area (Å²) in [7, 11) is 0. The lowest BCUT2D eigenvalue weighted by atomic mass is 10.0. The summed E-state index contributed by atoms with van der Waals surface area (Å²) in [6.07, 6.45) is 0. The van der Waals surface area contributed by atoms with E-state index in [1.54, 1.807) is 0 Å². The first-order valence-corrected chi connectivity index (χ1v) is 7.09. The maximum atomic E-state index is 6.02. The van der Waals surface area contributed by atoms with Gasteiger partial charge >= 0.3 is 0 Å². The molecule has 0 aliphatic carbocycles. The molecule has 5 heteroatoms. The minimum absolute atomic E-state index is 0.363. The van der Waals surface area contributed by atoms with Crippen LogP contribution in [0.3, 0.4) is 0 Å². The van der Waals surface area contributed by atoms with E-state index < -0.39 is 0 Å². The van der Waals surface area contributed by atoms with Crippen LogP contribution >= 0.6 is 27.5 Å². The van der Waals surface area contributed by atoms with Crippen molar-refractivity contribution in [2.45, 2.75) is 0 Å². The molecule has 2 N–H and O–H groups in total. The highest BCUT2D eigenvalue weighted by Gasteiger charge is 2.17. The molecule has 100 valence electrons. The molecule has 0 unspecified atom stereocenters. The van der Waals surface area contributed by atoms with Crippen LogP contribution in [0.5, 0.6) is 0 Å². The van der Waals surface area contributed by atoms with Gasteiger partial charge in [0.15, 0.2) is 11.6 Å². The highest BCUT2D eigenvalue weighted by molar-refractivity contribution is 9.10. The monoisotopic (exact) mass is 348 g/mol. The van der Waals surface area contributed by atoms with E-state index >= 15 is 0 Å². The maximum Gasteiger partial charge on any atom is 0.176 e. The van der Waals surface area contributed by atoms with Crippen LogP contribution in [0, 0.1) is 0 Å². The third kappa shape index (κ3) is 2.44. The highest BCUT2D eigenvalue weighted by Crippen LogP contribution is 2.37. The van der Waals surface area contributed by atoms with E-state index in [2.05, 4.69) is 21.1 Å². The van der Waals surface area contributed by atoms with E-state index in [1.165, 1.54) is 0 Å². The molecule has 0 saturated carbocycles. The summed E-state index contributed by atoms with van der Waals surface area (Å²) in [5, 5.41) is 4.51. The van der Waals surface area contributed by atoms with Crippen molar-refractivity contribution in [1.29, 1.82) is 0 Å². The molecule has 0 fully saturated rings. The Labute approximate surface area is 129 Å². The zero-order chi connectivity index (χ0) is 14.1. The molecule has 1 aromatic heterocycles. The molecule has 3 rings (SSSR count). The van der Waals surface area contributed by atoms with E-state index in [1.807, 2.05) is 48.5 Å². The normalized spacial score (nSPS) is 10.7. The number of benzene rings is 2. The van der Waals surface area contributed by atoms with Crippen molar-refractivity contribution in [1.82, 2.24) is 5.16 Å². The van der Waals surface area contributed by atoms with Crippen molar-refractivity contribution < 1.29 is 4.52 Å². The van der Waals surface area contributed by atoms with Gasteiger partial charge < -0.3 is 10.3 Å². The van der Waals surface area contributed by atoms with Crippen molar-refractivity contribution in [2.24, 2.45) is 0 Å². The van der Waals surface area contributed by atoms with Crippen LogP contribution in [0.4, 0.5) is 5.82 Å². The van der Waals surface area contributed by atoms with Crippen molar-refractivity contribution in [3.8, 4) is 22.5 Å². The van der Waals surface area contributed by atoms with Crippen LogP contribution in [0.15, 0.2) is 57.5 Å². The van der Waals surface area contributed by atoms with Crippen LogP contribution in [-0.2, 0) is 0 Å². The van der Waals surface area contributed by atoms with Gasteiger partial charge in [-0.2, -0.15) is 0 Å². The van der Waals surface area contributed by atoms with Gasteiger partial charge in [-0.3, -0.25) is 0 Å². The predicted molar refractivity (Wildman–Crippen MR) is 84.5 cm³/mol. The van der Waals surface area contributed by atoms with Gasteiger partial charge in [0.1, 0.15) is 0 Å². The summed E-state index contributed by atoms with van der Waals surface area (Å²) >= 11 is 9.43. The third-order valence-corrected chi connectivity index (χ3v) is 3.70. The van der Waals surface area contributed by atoms with Crippen LogP contribution in [0.25, 0.3) is 22.5 Å². The molecule has 2 aromatic carbocycles. The Morgan fingerprint density at radius 1 is 1.05 bits per heavy atom. The summed E-state index contributed by atoms with van der Waals surface area (Å²) in [5.41, 5.74) is 8.51. The van der Waals surface area contributed by atoms with Gasteiger partial charge in [-0.1, -0.05) is 57.0 Å². The number of nitrogens with zero attached hydrogens (tertiary/aromatic N) is 1. The molecule has 0 amide bonds. The molecule has 1 heterocycles. The minimum atomic E-state index is 0.363. The number of hydrogen-bond acceptors (Lipinski definition) is 3. The standard InChI is InChI=1S/C15H10BrClN2O/c16-11-6-4-9(5-7-11)13-14(20-19-15(13)18)10-2-1-3-12(17)8-10/h1-8H,(H2,18,19). The number of hydrogen-bond donors (Lipinski definition) is 1. The first kappa shape index (κ1) is 13.2. The summed E-state index contributed by atoms with van der Waals surface area (Å²) in [6.45, 7) is 0. The lowest BCUT2D eigenvalue weighted by molar-refractivity contribution is 0.436. The van der Waals surface area contributed by atoms with E-state index in [4.69, 9.17) is 21.9 Å². The summed E-state index contributed by atoms with van der Waals surface area (Å²) in [4.78, 5) is 0. The van der Waals surface area contributed by atoms with Crippen molar-refractivity contribution in [3.63, 3.8) is 0 Å². The third-order valence-electron chi connectivity index (χ3n) is 2.94. The number of halogens is 2. The van der Waals surface area contributed by atoms with Gasteiger partial charge in [-0.25, -0.2) is 0 Å². The zero-order valence-corrected chi connectivity index (χ0v) is 12.6. The highest BCUT2D eigenvalue weighted by atomic mass is 79.9. The molecule has 3 aromatic rings. The Balaban J connectivity index is 2.17. The average molecular weight is 350 g/mol. The molecule has 3 nitrogen and oxygen atoms in total. The zero-order valence-electron chi connectivity index (χ0n) is 10.3. The molecule has 0 aliphatic heterocycles. The maximum absolute atomic E-state index is 6.02. The molecular weight excluding hydrogens is 340 g/mol. The van der Waals surface area contributed by atoms with Gasteiger partial charge in [0.05, 0.1) is 5.56 Å². The lowest BCUT2D eigenvalue weighted by Gasteiger charge is -2.03. The number of rotatable bonds is 2. The Morgan fingerprint density at radius 2 is 1.80 bits per heavy atom. The quantitative estimate of drug-likeness (QED) is 0.708. The smallest absolute Gasteiger partial charge is 0.176 e. The molecule has 0 saturated heterocycles. The average Bonchev–Trinajstić information content (AvgIpc) is 2.82.